The smallest absolute Gasteiger partial charge is 0.0395 e. The molecule has 0 radical (unpaired) electrons. The lowest BCUT2D eigenvalue weighted by Gasteiger charge is -2.00. The van der Waals surface area contributed by atoms with Gasteiger partial charge in [0.2, 0.25) is 0 Å². The Morgan fingerprint density at radius 3 is 1.75 bits per heavy atom. The quantitative estimate of drug-likeness (QED) is 0.586. The van der Waals surface area contributed by atoms with E-state index in [1.54, 1.807) is 0 Å². The topological polar surface area (TPSA) is 0 Å². The van der Waals surface area contributed by atoms with Gasteiger partial charge in [0.25, 0.3) is 0 Å². The Bertz CT molecular complexity index is 239. The minimum Gasteiger partial charge on any atom is -0.0654 e. The molecule has 0 atom stereocenters. The van der Waals surface area contributed by atoms with Gasteiger partial charge in [-0.15, -0.1) is 0 Å². The summed E-state index contributed by atoms with van der Waals surface area (Å²) in [7, 11) is 0. The standard InChI is InChI=1S/C8H10.C8H18/c1-7-5-3-4-6-8(7)2;1-4-5-6-7-8(2)3/h3-6H,1-2H3;8H,4-7H2,1-3H3. The Labute approximate surface area is 102 Å². The van der Waals surface area contributed by atoms with E-state index in [-0.39, 0.29) is 0 Å². The Balaban J connectivity index is 0.000000281. The summed E-state index contributed by atoms with van der Waals surface area (Å²) >= 11 is 0. The summed E-state index contributed by atoms with van der Waals surface area (Å²) in [5, 5.41) is 0. The molecular formula is C16H28. The predicted molar refractivity (Wildman–Crippen MR) is 74.9 cm³/mol. The van der Waals surface area contributed by atoms with Crippen molar-refractivity contribution in [3.63, 3.8) is 0 Å². The van der Waals surface area contributed by atoms with E-state index < -0.39 is 0 Å². The van der Waals surface area contributed by atoms with Crippen LogP contribution in [0.25, 0.3) is 0 Å². The molecule has 1 aromatic carbocycles. The fourth-order valence-corrected chi connectivity index (χ4v) is 1.47. The van der Waals surface area contributed by atoms with E-state index in [1.165, 1.54) is 36.8 Å². The summed E-state index contributed by atoms with van der Waals surface area (Å²) in [6.45, 7) is 11.1. The largest absolute Gasteiger partial charge is 0.0654 e. The molecule has 16 heavy (non-hydrogen) atoms. The van der Waals surface area contributed by atoms with Gasteiger partial charge < -0.3 is 0 Å². The van der Waals surface area contributed by atoms with Gasteiger partial charge >= 0.3 is 0 Å². The van der Waals surface area contributed by atoms with Gasteiger partial charge in [0.1, 0.15) is 0 Å². The fraction of sp³-hybridized carbons (Fsp3) is 0.625. The SMILES string of the molecule is CCCCCC(C)C.Cc1ccccc1C. The third kappa shape index (κ3) is 8.52. The second-order valence-electron chi connectivity index (χ2n) is 4.97. The maximum Gasteiger partial charge on any atom is -0.0395 e. The summed E-state index contributed by atoms with van der Waals surface area (Å²) in [6.07, 6.45) is 5.60. The molecule has 0 heteroatoms. The molecule has 0 bridgehead atoms. The number of hydrogen-bond donors (Lipinski definition) is 0. The predicted octanol–water partition coefficient (Wildman–Crippen LogP) is 5.53. The molecule has 92 valence electrons. The minimum absolute atomic E-state index is 0.904. The zero-order valence-corrected chi connectivity index (χ0v) is 11.7. The van der Waals surface area contributed by atoms with Gasteiger partial charge in [-0.25, -0.2) is 0 Å². The van der Waals surface area contributed by atoms with Crippen molar-refractivity contribution in [3.05, 3.63) is 35.4 Å². The van der Waals surface area contributed by atoms with Crippen LogP contribution in [-0.2, 0) is 0 Å². The van der Waals surface area contributed by atoms with Gasteiger partial charge in [-0.3, -0.25) is 0 Å². The van der Waals surface area contributed by atoms with Crippen LogP contribution in [0.5, 0.6) is 0 Å². The van der Waals surface area contributed by atoms with Gasteiger partial charge in [0.15, 0.2) is 0 Å². The number of unbranched alkanes of at least 4 members (excludes halogenated alkanes) is 2. The molecule has 0 aromatic heterocycles. The lowest BCUT2D eigenvalue weighted by Crippen LogP contribution is -1.85. The number of rotatable bonds is 4. The van der Waals surface area contributed by atoms with Crippen LogP contribution in [0.1, 0.15) is 57.6 Å². The van der Waals surface area contributed by atoms with Crippen LogP contribution in [0.2, 0.25) is 0 Å². The number of benzene rings is 1. The summed E-state index contributed by atoms with van der Waals surface area (Å²) in [5.41, 5.74) is 2.74. The normalized spacial score (nSPS) is 9.88. The molecule has 0 N–H and O–H groups in total. The van der Waals surface area contributed by atoms with E-state index in [4.69, 9.17) is 0 Å². The van der Waals surface area contributed by atoms with E-state index in [9.17, 15) is 0 Å². The van der Waals surface area contributed by atoms with Crippen molar-refractivity contribution in [2.75, 3.05) is 0 Å². The van der Waals surface area contributed by atoms with Crippen LogP contribution in [0.15, 0.2) is 24.3 Å². The third-order valence-corrected chi connectivity index (χ3v) is 2.81. The maximum atomic E-state index is 2.29. The highest BCUT2D eigenvalue weighted by molar-refractivity contribution is 5.23. The van der Waals surface area contributed by atoms with Gasteiger partial charge in [0, 0.05) is 0 Å². The number of aryl methyl sites for hydroxylation is 2. The van der Waals surface area contributed by atoms with Crippen molar-refractivity contribution >= 4 is 0 Å². The monoisotopic (exact) mass is 220 g/mol. The minimum atomic E-state index is 0.904. The average Bonchev–Trinajstić information content (AvgIpc) is 2.23. The highest BCUT2D eigenvalue weighted by Gasteiger charge is 1.90. The molecule has 0 saturated heterocycles. The van der Waals surface area contributed by atoms with Gasteiger partial charge in [-0.2, -0.15) is 0 Å². The Morgan fingerprint density at radius 1 is 0.938 bits per heavy atom. The van der Waals surface area contributed by atoms with E-state index in [1.807, 2.05) is 0 Å². The van der Waals surface area contributed by atoms with Crippen molar-refractivity contribution in [2.24, 2.45) is 5.92 Å². The molecule has 0 heterocycles. The van der Waals surface area contributed by atoms with Gasteiger partial charge in [0.05, 0.1) is 0 Å². The highest BCUT2D eigenvalue weighted by Crippen LogP contribution is 2.06. The fourth-order valence-electron chi connectivity index (χ4n) is 1.47. The van der Waals surface area contributed by atoms with Crippen LogP contribution in [0, 0.1) is 19.8 Å². The average molecular weight is 220 g/mol. The van der Waals surface area contributed by atoms with Crippen molar-refractivity contribution < 1.29 is 0 Å². The van der Waals surface area contributed by atoms with Crippen molar-refractivity contribution in [2.45, 2.75) is 60.3 Å². The van der Waals surface area contributed by atoms with Crippen molar-refractivity contribution in [3.8, 4) is 0 Å². The maximum absolute atomic E-state index is 2.29. The van der Waals surface area contributed by atoms with Gasteiger partial charge in [-0.05, 0) is 30.9 Å². The Morgan fingerprint density at radius 2 is 1.44 bits per heavy atom. The lowest BCUT2D eigenvalue weighted by molar-refractivity contribution is 0.534. The van der Waals surface area contributed by atoms with Crippen LogP contribution in [-0.4, -0.2) is 0 Å². The van der Waals surface area contributed by atoms with Crippen LogP contribution < -0.4 is 0 Å². The van der Waals surface area contributed by atoms with Crippen LogP contribution in [0.3, 0.4) is 0 Å². The molecule has 0 unspecified atom stereocenters. The summed E-state index contributed by atoms with van der Waals surface area (Å²) in [5.74, 6) is 0.904. The molecule has 0 amide bonds. The Hall–Kier alpha value is -0.780. The van der Waals surface area contributed by atoms with Gasteiger partial charge in [-0.1, -0.05) is 70.7 Å². The summed E-state index contributed by atoms with van der Waals surface area (Å²) in [4.78, 5) is 0. The molecule has 1 rings (SSSR count). The summed E-state index contributed by atoms with van der Waals surface area (Å²) in [6, 6.07) is 8.36. The Kier molecular flexibility index (Phi) is 8.99. The molecule has 0 fully saturated rings. The first-order valence-electron chi connectivity index (χ1n) is 6.60. The molecular weight excluding hydrogens is 192 g/mol. The van der Waals surface area contributed by atoms with Crippen LogP contribution >= 0.6 is 0 Å². The number of hydrogen-bond acceptors (Lipinski definition) is 0. The van der Waals surface area contributed by atoms with E-state index in [0.717, 1.165) is 5.92 Å². The molecule has 1 aromatic rings. The highest BCUT2D eigenvalue weighted by atomic mass is 14.0. The zero-order valence-electron chi connectivity index (χ0n) is 11.7. The first-order chi connectivity index (χ1) is 7.57. The zero-order chi connectivity index (χ0) is 12.4. The van der Waals surface area contributed by atoms with Crippen molar-refractivity contribution in [1.82, 2.24) is 0 Å². The third-order valence-electron chi connectivity index (χ3n) is 2.81. The molecule has 0 aliphatic heterocycles. The molecule has 0 aliphatic rings. The lowest BCUT2D eigenvalue weighted by atomic mass is 10.1. The first kappa shape index (κ1) is 15.2. The molecule has 0 saturated carbocycles. The molecule has 0 nitrogen and oxygen atoms in total. The van der Waals surface area contributed by atoms with E-state index >= 15 is 0 Å². The second-order valence-corrected chi connectivity index (χ2v) is 4.97. The first-order valence-corrected chi connectivity index (χ1v) is 6.60. The van der Waals surface area contributed by atoms with E-state index in [0.29, 0.717) is 0 Å². The molecule has 0 spiro atoms. The van der Waals surface area contributed by atoms with Crippen molar-refractivity contribution in [1.29, 1.82) is 0 Å². The second kappa shape index (κ2) is 9.45. The summed E-state index contributed by atoms with van der Waals surface area (Å²) < 4.78 is 0. The van der Waals surface area contributed by atoms with E-state index in [2.05, 4.69) is 58.9 Å². The van der Waals surface area contributed by atoms with Crippen LogP contribution in [0.4, 0.5) is 0 Å². The molecule has 0 aliphatic carbocycles.